The van der Waals surface area contributed by atoms with Gasteiger partial charge in [-0.3, -0.25) is 4.79 Å². The molecule has 2 rings (SSSR count). The maximum absolute atomic E-state index is 12.0. The van der Waals surface area contributed by atoms with Crippen molar-refractivity contribution in [2.45, 2.75) is 57.1 Å². The Kier molecular flexibility index (Phi) is 4.40. The molecule has 0 aromatic carbocycles. The van der Waals surface area contributed by atoms with Gasteiger partial charge in [0.1, 0.15) is 0 Å². The molecule has 4 unspecified atom stereocenters. The predicted octanol–water partition coefficient (Wildman–Crippen LogP) is 0.781. The molecule has 2 fully saturated rings. The van der Waals surface area contributed by atoms with E-state index in [1.807, 2.05) is 0 Å². The van der Waals surface area contributed by atoms with Gasteiger partial charge in [0.15, 0.2) is 0 Å². The van der Waals surface area contributed by atoms with Gasteiger partial charge in [-0.15, -0.1) is 0 Å². The minimum absolute atomic E-state index is 0.00933. The first-order chi connectivity index (χ1) is 8.16. The molecule has 98 valence electrons. The average Bonchev–Trinajstić information content (AvgIpc) is 2.73. The maximum Gasteiger partial charge on any atom is 0.224 e. The van der Waals surface area contributed by atoms with Gasteiger partial charge < -0.3 is 16.2 Å². The second-order valence-corrected chi connectivity index (χ2v) is 5.63. The molecule has 0 aromatic rings. The van der Waals surface area contributed by atoms with Crippen molar-refractivity contribution in [1.29, 1.82) is 0 Å². The number of hydrogen-bond acceptors (Lipinski definition) is 3. The Labute approximate surface area is 103 Å². The molecule has 4 heteroatoms. The molecule has 0 aliphatic heterocycles. The molecule has 2 aliphatic rings. The minimum atomic E-state index is -0.158. The largest absolute Gasteiger partial charge is 0.393 e. The second-order valence-electron chi connectivity index (χ2n) is 5.63. The topological polar surface area (TPSA) is 75.4 Å². The smallest absolute Gasteiger partial charge is 0.224 e. The summed E-state index contributed by atoms with van der Waals surface area (Å²) in [4.78, 5) is 12.0. The third-order valence-electron chi connectivity index (χ3n) is 4.23. The molecular formula is C13H24N2O2. The fourth-order valence-corrected chi connectivity index (χ4v) is 3.10. The lowest BCUT2D eigenvalue weighted by Crippen LogP contribution is -2.44. The van der Waals surface area contributed by atoms with Crippen LogP contribution >= 0.6 is 0 Å². The summed E-state index contributed by atoms with van der Waals surface area (Å²) in [5, 5.41) is 12.4. The van der Waals surface area contributed by atoms with Crippen LogP contribution in [0.1, 0.15) is 44.9 Å². The number of aliphatic hydroxyl groups excluding tert-OH is 1. The summed E-state index contributed by atoms with van der Waals surface area (Å²) < 4.78 is 0. The van der Waals surface area contributed by atoms with Gasteiger partial charge in [-0.2, -0.15) is 0 Å². The summed E-state index contributed by atoms with van der Waals surface area (Å²) in [6, 6.07) is 0.0397. The number of carbonyl (C=O) groups is 1. The Bertz CT molecular complexity index is 270. The van der Waals surface area contributed by atoms with Crippen LogP contribution < -0.4 is 11.1 Å². The van der Waals surface area contributed by atoms with Crippen LogP contribution in [0.25, 0.3) is 0 Å². The van der Waals surface area contributed by atoms with Gasteiger partial charge >= 0.3 is 0 Å². The first-order valence-corrected chi connectivity index (χ1v) is 6.88. The van der Waals surface area contributed by atoms with Crippen molar-refractivity contribution in [3.8, 4) is 0 Å². The molecule has 0 bridgehead atoms. The number of aliphatic hydroxyl groups is 1. The quantitative estimate of drug-likeness (QED) is 0.682. The van der Waals surface area contributed by atoms with Gasteiger partial charge in [-0.05, 0) is 38.0 Å². The first-order valence-electron chi connectivity index (χ1n) is 6.88. The summed E-state index contributed by atoms with van der Waals surface area (Å²) in [6.45, 7) is 0.707. The highest BCUT2D eigenvalue weighted by molar-refractivity contribution is 5.79. The van der Waals surface area contributed by atoms with Gasteiger partial charge in [0.25, 0.3) is 0 Å². The summed E-state index contributed by atoms with van der Waals surface area (Å²) in [5.41, 5.74) is 5.98. The highest BCUT2D eigenvalue weighted by Crippen LogP contribution is 2.26. The van der Waals surface area contributed by atoms with E-state index in [0.717, 1.165) is 44.9 Å². The number of nitrogens with two attached hydrogens (primary N) is 1. The molecule has 4 N–H and O–H groups in total. The molecule has 2 saturated carbocycles. The molecule has 2 aliphatic carbocycles. The summed E-state index contributed by atoms with van der Waals surface area (Å²) in [5.74, 6) is 0.586. The van der Waals surface area contributed by atoms with Crippen molar-refractivity contribution in [1.82, 2.24) is 5.32 Å². The Morgan fingerprint density at radius 1 is 1.24 bits per heavy atom. The lowest BCUT2D eigenvalue weighted by Gasteiger charge is -2.27. The summed E-state index contributed by atoms with van der Waals surface area (Å²) >= 11 is 0. The van der Waals surface area contributed by atoms with Crippen LogP contribution in [0.3, 0.4) is 0 Å². The van der Waals surface area contributed by atoms with Crippen molar-refractivity contribution in [3.05, 3.63) is 0 Å². The average molecular weight is 240 g/mol. The number of amides is 1. The van der Waals surface area contributed by atoms with Gasteiger partial charge in [0, 0.05) is 12.6 Å². The fourth-order valence-electron chi connectivity index (χ4n) is 3.10. The van der Waals surface area contributed by atoms with E-state index in [0.29, 0.717) is 12.5 Å². The molecule has 0 aromatic heterocycles. The standard InChI is InChI=1S/C13H24N2O2/c14-12-4-2-1-3-11(12)13(17)15-8-9-5-6-10(16)7-9/h9-12,16H,1-8,14H2,(H,15,17). The van der Waals surface area contributed by atoms with Gasteiger partial charge in [-0.25, -0.2) is 0 Å². The van der Waals surface area contributed by atoms with Crippen molar-refractivity contribution >= 4 is 5.91 Å². The Hall–Kier alpha value is -0.610. The second kappa shape index (κ2) is 5.83. The number of hydrogen-bond donors (Lipinski definition) is 3. The van der Waals surface area contributed by atoms with Gasteiger partial charge in [-0.1, -0.05) is 12.8 Å². The molecule has 0 heterocycles. The maximum atomic E-state index is 12.0. The highest BCUT2D eigenvalue weighted by atomic mass is 16.3. The lowest BCUT2D eigenvalue weighted by molar-refractivity contribution is -0.126. The third-order valence-corrected chi connectivity index (χ3v) is 4.23. The van der Waals surface area contributed by atoms with E-state index < -0.39 is 0 Å². The third kappa shape index (κ3) is 3.42. The van der Waals surface area contributed by atoms with E-state index in [9.17, 15) is 9.90 Å². The molecule has 0 radical (unpaired) electrons. The van der Waals surface area contributed by atoms with Crippen molar-refractivity contribution in [2.24, 2.45) is 17.6 Å². The Morgan fingerprint density at radius 2 is 2.00 bits per heavy atom. The monoisotopic (exact) mass is 240 g/mol. The SMILES string of the molecule is NC1CCCCC1C(=O)NCC1CCC(O)C1. The predicted molar refractivity (Wildman–Crippen MR) is 66.3 cm³/mol. The summed E-state index contributed by atoms with van der Waals surface area (Å²) in [6.07, 6.45) is 6.75. The first kappa shape index (κ1) is 12.8. The van der Waals surface area contributed by atoms with E-state index in [2.05, 4.69) is 5.32 Å². The van der Waals surface area contributed by atoms with Crippen molar-refractivity contribution in [3.63, 3.8) is 0 Å². The van der Waals surface area contributed by atoms with E-state index in [-0.39, 0.29) is 24.0 Å². The van der Waals surface area contributed by atoms with E-state index >= 15 is 0 Å². The Balaban J connectivity index is 1.73. The molecule has 1 amide bonds. The zero-order valence-corrected chi connectivity index (χ0v) is 10.4. The van der Waals surface area contributed by atoms with Crippen molar-refractivity contribution in [2.75, 3.05) is 6.54 Å². The number of nitrogens with one attached hydrogen (secondary N) is 1. The van der Waals surface area contributed by atoms with E-state index in [4.69, 9.17) is 5.73 Å². The van der Waals surface area contributed by atoms with Gasteiger partial charge in [0.2, 0.25) is 5.91 Å². The molecule has 4 atom stereocenters. The molecule has 17 heavy (non-hydrogen) atoms. The van der Waals surface area contributed by atoms with Crippen LogP contribution in [-0.2, 0) is 4.79 Å². The van der Waals surface area contributed by atoms with Crippen LogP contribution in [0.5, 0.6) is 0 Å². The number of carbonyl (C=O) groups excluding carboxylic acids is 1. The zero-order valence-electron chi connectivity index (χ0n) is 10.4. The Morgan fingerprint density at radius 3 is 2.65 bits per heavy atom. The van der Waals surface area contributed by atoms with Gasteiger partial charge in [0.05, 0.1) is 12.0 Å². The van der Waals surface area contributed by atoms with E-state index in [1.165, 1.54) is 0 Å². The van der Waals surface area contributed by atoms with Crippen molar-refractivity contribution < 1.29 is 9.90 Å². The van der Waals surface area contributed by atoms with Crippen LogP contribution in [0.2, 0.25) is 0 Å². The molecular weight excluding hydrogens is 216 g/mol. The highest BCUT2D eigenvalue weighted by Gasteiger charge is 2.29. The minimum Gasteiger partial charge on any atom is -0.393 e. The van der Waals surface area contributed by atoms with Crippen LogP contribution in [0.4, 0.5) is 0 Å². The van der Waals surface area contributed by atoms with Crippen LogP contribution in [0, 0.1) is 11.8 Å². The lowest BCUT2D eigenvalue weighted by atomic mass is 9.84. The zero-order chi connectivity index (χ0) is 12.3. The van der Waals surface area contributed by atoms with E-state index in [1.54, 1.807) is 0 Å². The molecule has 0 saturated heterocycles. The summed E-state index contributed by atoms with van der Waals surface area (Å²) in [7, 11) is 0. The molecule has 4 nitrogen and oxygen atoms in total. The van der Waals surface area contributed by atoms with Crippen LogP contribution in [0.15, 0.2) is 0 Å². The van der Waals surface area contributed by atoms with Crippen LogP contribution in [-0.4, -0.2) is 29.7 Å². The fraction of sp³-hybridized carbons (Fsp3) is 0.923. The normalized spacial score (nSPS) is 38.0. The number of rotatable bonds is 3. The molecule has 0 spiro atoms.